The molecule has 3 fully saturated rings. The van der Waals surface area contributed by atoms with Crippen molar-refractivity contribution in [3.63, 3.8) is 0 Å². The third-order valence-electron chi connectivity index (χ3n) is 12.1. The van der Waals surface area contributed by atoms with E-state index in [1.54, 1.807) is 40.0 Å². The summed E-state index contributed by atoms with van der Waals surface area (Å²) in [5, 5.41) is 6.22. The number of likely N-dealkylation sites (tertiary alicyclic amines) is 1. The van der Waals surface area contributed by atoms with E-state index in [0.29, 0.717) is 40.9 Å². The third kappa shape index (κ3) is 9.66. The van der Waals surface area contributed by atoms with Crippen LogP contribution in [-0.2, 0) is 40.3 Å². The predicted octanol–water partition coefficient (Wildman–Crippen LogP) is 5.33. The lowest BCUT2D eigenvalue weighted by molar-refractivity contribution is -0.142. The van der Waals surface area contributed by atoms with Crippen molar-refractivity contribution in [1.29, 1.82) is 0 Å². The molecule has 0 bridgehead atoms. The molecule has 4 amide bonds. The summed E-state index contributed by atoms with van der Waals surface area (Å²) < 4.78 is 51.4. The van der Waals surface area contributed by atoms with Gasteiger partial charge in [-0.15, -0.1) is 6.58 Å². The minimum Gasteiger partial charge on any atom is -0.497 e. The van der Waals surface area contributed by atoms with Crippen LogP contribution >= 0.6 is 0 Å². The Labute approximate surface area is 367 Å². The van der Waals surface area contributed by atoms with Gasteiger partial charge in [0.15, 0.2) is 0 Å². The van der Waals surface area contributed by atoms with Gasteiger partial charge in [-0.1, -0.05) is 87.5 Å². The van der Waals surface area contributed by atoms with E-state index in [4.69, 9.17) is 23.9 Å². The standard InChI is InChI=1S/C47H55N5O10S/c1-7-32-28-47(32,43(55)51-63(57,58)46(20-21-46)27-30-14-10-8-11-15-30)50-41(53)38-25-34(29-52(38)42(54)40(45(2,3)4)49-44(56)61-23-22-59-5)62-39-26-36(31-16-12-9-13-17-31)48-37-24-33(60-6)18-19-35(37)39/h7-19,24,26,32,34,38,40H,1,20-23,25,27-29H2,2-6H3,(H,49,56)(H,50,53)(H,51,55)/t32?,34-,38+,40-,47+/m1/s1. The Morgan fingerprint density at radius 3 is 2.29 bits per heavy atom. The first kappa shape index (κ1) is 45.0. The van der Waals surface area contributed by atoms with E-state index in [9.17, 15) is 27.6 Å². The van der Waals surface area contributed by atoms with E-state index >= 15 is 0 Å². The van der Waals surface area contributed by atoms with Crippen LogP contribution in [-0.4, -0.2) is 105 Å². The lowest BCUT2D eigenvalue weighted by Crippen LogP contribution is -2.60. The highest BCUT2D eigenvalue weighted by Crippen LogP contribution is 2.49. The number of nitrogens with zero attached hydrogens (tertiary/aromatic N) is 2. The lowest BCUT2D eigenvalue weighted by Gasteiger charge is -2.35. The maximum Gasteiger partial charge on any atom is 0.407 e. The van der Waals surface area contributed by atoms with Gasteiger partial charge in [-0.25, -0.2) is 18.2 Å². The molecule has 1 aromatic heterocycles. The minimum absolute atomic E-state index is 0.0116. The number of sulfonamides is 1. The second-order valence-corrected chi connectivity index (χ2v) is 19.7. The largest absolute Gasteiger partial charge is 0.497 e. The maximum absolute atomic E-state index is 14.8. The molecular formula is C47H55N5O10S. The Morgan fingerprint density at radius 2 is 1.67 bits per heavy atom. The molecule has 1 aliphatic heterocycles. The monoisotopic (exact) mass is 881 g/mol. The van der Waals surface area contributed by atoms with Crippen LogP contribution in [0, 0.1) is 11.3 Å². The summed E-state index contributed by atoms with van der Waals surface area (Å²) in [7, 11) is -1.15. The Hall–Kier alpha value is -6.00. The van der Waals surface area contributed by atoms with Crippen LogP contribution in [0.25, 0.3) is 22.2 Å². The van der Waals surface area contributed by atoms with Gasteiger partial charge in [-0.3, -0.25) is 19.1 Å². The number of rotatable bonds is 17. The number of benzene rings is 3. The number of hydrogen-bond acceptors (Lipinski definition) is 11. The smallest absolute Gasteiger partial charge is 0.407 e. The molecule has 0 radical (unpaired) electrons. The Morgan fingerprint density at radius 1 is 0.968 bits per heavy atom. The minimum atomic E-state index is -4.18. The topological polar surface area (TPSA) is 192 Å². The Kier molecular flexibility index (Phi) is 12.9. The number of nitrogens with one attached hydrogen (secondary N) is 3. The molecule has 2 heterocycles. The van der Waals surface area contributed by atoms with Crippen molar-refractivity contribution >= 4 is 44.7 Å². The van der Waals surface area contributed by atoms with Gasteiger partial charge >= 0.3 is 6.09 Å². The van der Waals surface area contributed by atoms with Gasteiger partial charge in [-0.2, -0.15) is 0 Å². The molecule has 2 saturated carbocycles. The third-order valence-corrected chi connectivity index (χ3v) is 14.3. The number of aromatic nitrogens is 1. The molecular weight excluding hydrogens is 827 g/mol. The average Bonchev–Trinajstić information content (AvgIpc) is 4.17. The first-order valence-corrected chi connectivity index (χ1v) is 22.5. The van der Waals surface area contributed by atoms with Gasteiger partial charge in [0.1, 0.15) is 41.8 Å². The van der Waals surface area contributed by atoms with Gasteiger partial charge in [0, 0.05) is 42.5 Å². The molecule has 1 unspecified atom stereocenters. The fraction of sp³-hybridized carbons (Fsp3) is 0.426. The molecule has 16 heteroatoms. The molecule has 4 aromatic rings. The van der Waals surface area contributed by atoms with E-state index in [2.05, 4.69) is 21.9 Å². The molecule has 2 aliphatic carbocycles. The number of ether oxygens (including phenoxy) is 4. The van der Waals surface area contributed by atoms with Gasteiger partial charge < -0.3 is 34.5 Å². The summed E-state index contributed by atoms with van der Waals surface area (Å²) in [6.45, 7) is 9.19. The summed E-state index contributed by atoms with van der Waals surface area (Å²) in [6, 6.07) is 23.6. The molecule has 3 aromatic carbocycles. The number of fused-ring (bicyclic) bond motifs is 1. The number of amides is 4. The fourth-order valence-electron chi connectivity index (χ4n) is 8.21. The number of pyridine rings is 1. The second kappa shape index (κ2) is 18.0. The first-order chi connectivity index (χ1) is 30.0. The summed E-state index contributed by atoms with van der Waals surface area (Å²) in [4.78, 5) is 62.9. The lowest BCUT2D eigenvalue weighted by atomic mass is 9.85. The zero-order valence-corrected chi connectivity index (χ0v) is 37.0. The Bertz CT molecular complexity index is 2470. The van der Waals surface area contributed by atoms with Gasteiger partial charge in [0.2, 0.25) is 21.8 Å². The summed E-state index contributed by atoms with van der Waals surface area (Å²) in [6.07, 6.45) is 0.989. The summed E-state index contributed by atoms with van der Waals surface area (Å²) >= 11 is 0. The molecule has 7 rings (SSSR count). The van der Waals surface area contributed by atoms with Crippen LogP contribution in [0.5, 0.6) is 11.5 Å². The van der Waals surface area contributed by atoms with Crippen molar-refractivity contribution in [1.82, 2.24) is 25.2 Å². The molecule has 1 saturated heterocycles. The van der Waals surface area contributed by atoms with Crippen molar-refractivity contribution in [2.75, 3.05) is 34.0 Å². The Balaban J connectivity index is 1.19. The maximum atomic E-state index is 14.8. The number of carbonyl (C=O) groups is 4. The van der Waals surface area contributed by atoms with Crippen LogP contribution in [0.15, 0.2) is 97.6 Å². The average molecular weight is 882 g/mol. The highest BCUT2D eigenvalue weighted by atomic mass is 32.2. The summed E-state index contributed by atoms with van der Waals surface area (Å²) in [5.41, 5.74) is 0.388. The SMILES string of the molecule is C=CC1C[C@@]1(NC(=O)[C@@H]1C[C@@H](Oc2cc(-c3ccccc3)nc3cc(OC)ccc23)CN1C(=O)[C@@H](NC(=O)OCCOC)C(C)(C)C)C(=O)NS(=O)(=O)C1(Cc2ccccc2)CC1. The van der Waals surface area contributed by atoms with Crippen molar-refractivity contribution < 1.29 is 46.5 Å². The summed E-state index contributed by atoms with van der Waals surface area (Å²) in [5.74, 6) is -1.69. The number of methoxy groups -OCH3 is 2. The van der Waals surface area contributed by atoms with E-state index in [0.717, 1.165) is 11.1 Å². The first-order valence-electron chi connectivity index (χ1n) is 21.0. The number of carbonyl (C=O) groups excluding carboxylic acids is 4. The van der Waals surface area contributed by atoms with E-state index in [1.807, 2.05) is 72.8 Å². The van der Waals surface area contributed by atoms with Crippen LogP contribution < -0.4 is 24.8 Å². The molecule has 63 heavy (non-hydrogen) atoms. The number of hydrogen-bond donors (Lipinski definition) is 3. The van der Waals surface area contributed by atoms with E-state index in [-0.39, 0.29) is 39.0 Å². The van der Waals surface area contributed by atoms with Crippen LogP contribution in [0.1, 0.15) is 52.0 Å². The quantitative estimate of drug-likeness (QED) is 0.0918. The number of alkyl carbamates (subject to hydrolysis) is 1. The van der Waals surface area contributed by atoms with Gasteiger partial charge in [0.05, 0.1) is 36.2 Å². The van der Waals surface area contributed by atoms with Crippen molar-refractivity contribution in [2.24, 2.45) is 11.3 Å². The molecule has 3 N–H and O–H groups in total. The zero-order chi connectivity index (χ0) is 45.2. The highest BCUT2D eigenvalue weighted by Gasteiger charge is 2.63. The fourth-order valence-corrected chi connectivity index (χ4v) is 9.85. The predicted molar refractivity (Wildman–Crippen MR) is 236 cm³/mol. The van der Waals surface area contributed by atoms with Crippen molar-refractivity contribution in [2.45, 2.75) is 81.3 Å². The normalized spacial score (nSPS) is 21.7. The van der Waals surface area contributed by atoms with Crippen molar-refractivity contribution in [3.05, 3.63) is 103 Å². The molecule has 0 spiro atoms. The van der Waals surface area contributed by atoms with Crippen LogP contribution in [0.4, 0.5) is 4.79 Å². The molecule has 3 aliphatic rings. The molecule has 334 valence electrons. The molecule has 15 nitrogen and oxygen atoms in total. The second-order valence-electron chi connectivity index (χ2n) is 17.6. The van der Waals surface area contributed by atoms with E-state index < -0.39 is 73.6 Å². The van der Waals surface area contributed by atoms with Gasteiger partial charge in [0.25, 0.3) is 5.91 Å². The van der Waals surface area contributed by atoms with Gasteiger partial charge in [-0.05, 0) is 48.8 Å². The molecule has 5 atom stereocenters. The van der Waals surface area contributed by atoms with E-state index in [1.165, 1.54) is 18.1 Å². The van der Waals surface area contributed by atoms with Crippen molar-refractivity contribution in [3.8, 4) is 22.8 Å². The van der Waals surface area contributed by atoms with Crippen LogP contribution in [0.2, 0.25) is 0 Å². The zero-order valence-electron chi connectivity index (χ0n) is 36.2. The van der Waals surface area contributed by atoms with Crippen LogP contribution in [0.3, 0.4) is 0 Å². The highest BCUT2D eigenvalue weighted by molar-refractivity contribution is 7.91.